The van der Waals surface area contributed by atoms with E-state index in [0.717, 1.165) is 31.4 Å². The SMILES string of the molecule is CCC[C@@]1(C)CCc2ccc([N+](=O)[O-])cc2N1. The molecule has 92 valence electrons. The molecule has 0 aromatic heterocycles. The Bertz CT molecular complexity index is 445. The van der Waals surface area contributed by atoms with Crippen LogP contribution in [0.5, 0.6) is 0 Å². The number of hydrogen-bond acceptors (Lipinski definition) is 3. The van der Waals surface area contributed by atoms with Gasteiger partial charge in [-0.25, -0.2) is 0 Å². The number of fused-ring (bicyclic) bond motifs is 1. The zero-order valence-electron chi connectivity index (χ0n) is 10.3. The number of non-ortho nitro benzene ring substituents is 1. The van der Waals surface area contributed by atoms with Crippen LogP contribution in [0.15, 0.2) is 18.2 Å². The van der Waals surface area contributed by atoms with Crippen molar-refractivity contribution < 1.29 is 4.92 Å². The largest absolute Gasteiger partial charge is 0.379 e. The fourth-order valence-electron chi connectivity index (χ4n) is 2.55. The van der Waals surface area contributed by atoms with Gasteiger partial charge >= 0.3 is 0 Å². The van der Waals surface area contributed by atoms with Crippen molar-refractivity contribution >= 4 is 11.4 Å². The Morgan fingerprint density at radius 2 is 2.29 bits per heavy atom. The van der Waals surface area contributed by atoms with Crippen LogP contribution < -0.4 is 5.32 Å². The van der Waals surface area contributed by atoms with E-state index in [4.69, 9.17) is 0 Å². The molecule has 1 aromatic rings. The van der Waals surface area contributed by atoms with Crippen molar-refractivity contribution in [2.45, 2.75) is 45.1 Å². The molecule has 4 nitrogen and oxygen atoms in total. The lowest BCUT2D eigenvalue weighted by Gasteiger charge is -2.37. The zero-order chi connectivity index (χ0) is 12.5. The molecular formula is C13H18N2O2. The van der Waals surface area contributed by atoms with Crippen molar-refractivity contribution in [3.05, 3.63) is 33.9 Å². The molecule has 0 radical (unpaired) electrons. The van der Waals surface area contributed by atoms with Gasteiger partial charge in [0, 0.05) is 23.4 Å². The molecule has 0 amide bonds. The number of anilines is 1. The fourth-order valence-corrected chi connectivity index (χ4v) is 2.55. The Kier molecular flexibility index (Phi) is 3.05. The molecule has 4 heteroatoms. The van der Waals surface area contributed by atoms with Gasteiger partial charge in [-0.1, -0.05) is 19.4 Å². The summed E-state index contributed by atoms with van der Waals surface area (Å²) in [4.78, 5) is 10.4. The summed E-state index contributed by atoms with van der Waals surface area (Å²) in [5, 5.41) is 14.2. The van der Waals surface area contributed by atoms with Crippen molar-refractivity contribution in [2.24, 2.45) is 0 Å². The predicted octanol–water partition coefficient (Wildman–Crippen LogP) is 3.51. The van der Waals surface area contributed by atoms with Crippen LogP contribution in [0.3, 0.4) is 0 Å². The minimum Gasteiger partial charge on any atom is -0.379 e. The molecule has 1 heterocycles. The van der Waals surface area contributed by atoms with E-state index < -0.39 is 0 Å². The quantitative estimate of drug-likeness (QED) is 0.643. The highest BCUT2D eigenvalue weighted by Crippen LogP contribution is 2.35. The number of hydrogen-bond donors (Lipinski definition) is 1. The topological polar surface area (TPSA) is 55.2 Å². The maximum Gasteiger partial charge on any atom is 0.271 e. The molecule has 0 aliphatic carbocycles. The second-order valence-electron chi connectivity index (χ2n) is 5.03. The van der Waals surface area contributed by atoms with Gasteiger partial charge in [0.15, 0.2) is 0 Å². The van der Waals surface area contributed by atoms with Gasteiger partial charge in [0.1, 0.15) is 0 Å². The molecule has 1 N–H and O–H groups in total. The smallest absolute Gasteiger partial charge is 0.271 e. The van der Waals surface area contributed by atoms with Crippen molar-refractivity contribution in [2.75, 3.05) is 5.32 Å². The van der Waals surface area contributed by atoms with Gasteiger partial charge in [0.05, 0.1) is 4.92 Å². The van der Waals surface area contributed by atoms with Crippen LogP contribution in [-0.2, 0) is 6.42 Å². The molecule has 1 aromatic carbocycles. The molecule has 0 spiro atoms. The maximum atomic E-state index is 10.8. The van der Waals surface area contributed by atoms with Gasteiger partial charge < -0.3 is 5.32 Å². The van der Waals surface area contributed by atoms with Gasteiger partial charge in [0.25, 0.3) is 5.69 Å². The van der Waals surface area contributed by atoms with E-state index in [9.17, 15) is 10.1 Å². The van der Waals surface area contributed by atoms with Gasteiger partial charge in [-0.2, -0.15) is 0 Å². The Morgan fingerprint density at radius 1 is 1.53 bits per heavy atom. The van der Waals surface area contributed by atoms with Gasteiger partial charge in [0.2, 0.25) is 0 Å². The van der Waals surface area contributed by atoms with E-state index >= 15 is 0 Å². The third-order valence-electron chi connectivity index (χ3n) is 3.49. The summed E-state index contributed by atoms with van der Waals surface area (Å²) in [5.74, 6) is 0. The summed E-state index contributed by atoms with van der Waals surface area (Å²) in [5.41, 5.74) is 2.36. The van der Waals surface area contributed by atoms with Crippen LogP contribution in [0.4, 0.5) is 11.4 Å². The van der Waals surface area contributed by atoms with E-state index in [1.54, 1.807) is 12.1 Å². The van der Waals surface area contributed by atoms with Crippen LogP contribution in [0.1, 0.15) is 38.7 Å². The first-order valence-electron chi connectivity index (χ1n) is 6.09. The Hall–Kier alpha value is -1.58. The van der Waals surface area contributed by atoms with E-state index in [1.807, 2.05) is 6.07 Å². The maximum absolute atomic E-state index is 10.8. The molecule has 1 atom stereocenters. The zero-order valence-corrected chi connectivity index (χ0v) is 10.3. The van der Waals surface area contributed by atoms with E-state index in [1.165, 1.54) is 5.56 Å². The van der Waals surface area contributed by atoms with Crippen LogP contribution in [-0.4, -0.2) is 10.5 Å². The summed E-state index contributed by atoms with van der Waals surface area (Å²) < 4.78 is 0. The minimum absolute atomic E-state index is 0.0803. The molecule has 2 rings (SSSR count). The highest BCUT2D eigenvalue weighted by molar-refractivity contribution is 5.60. The lowest BCUT2D eigenvalue weighted by Crippen LogP contribution is -2.38. The number of aryl methyl sites for hydroxylation is 1. The molecule has 0 unspecified atom stereocenters. The predicted molar refractivity (Wildman–Crippen MR) is 68.4 cm³/mol. The number of nitro benzene ring substituents is 1. The molecule has 1 aliphatic rings. The lowest BCUT2D eigenvalue weighted by atomic mass is 9.84. The average Bonchev–Trinajstić information content (AvgIpc) is 2.27. The second kappa shape index (κ2) is 4.35. The molecule has 1 aliphatic heterocycles. The van der Waals surface area contributed by atoms with Crippen molar-refractivity contribution in [3.63, 3.8) is 0 Å². The first-order valence-corrected chi connectivity index (χ1v) is 6.09. The highest BCUT2D eigenvalue weighted by Gasteiger charge is 2.28. The molecular weight excluding hydrogens is 216 g/mol. The number of nitrogens with one attached hydrogen (secondary N) is 1. The summed E-state index contributed by atoms with van der Waals surface area (Å²) in [7, 11) is 0. The number of nitro groups is 1. The summed E-state index contributed by atoms with van der Waals surface area (Å²) in [6.07, 6.45) is 4.30. The van der Waals surface area contributed by atoms with Crippen LogP contribution >= 0.6 is 0 Å². The number of nitrogens with zero attached hydrogens (tertiary/aromatic N) is 1. The summed E-state index contributed by atoms with van der Waals surface area (Å²) in [6.45, 7) is 4.36. The normalized spacial score (nSPS) is 22.7. The first kappa shape index (κ1) is 11.9. The molecule has 0 bridgehead atoms. The Balaban J connectivity index is 2.29. The van der Waals surface area contributed by atoms with Crippen LogP contribution in [0.25, 0.3) is 0 Å². The fraction of sp³-hybridized carbons (Fsp3) is 0.538. The molecule has 0 saturated carbocycles. The van der Waals surface area contributed by atoms with Gasteiger partial charge in [-0.15, -0.1) is 0 Å². The monoisotopic (exact) mass is 234 g/mol. The first-order chi connectivity index (χ1) is 8.04. The summed E-state index contributed by atoms with van der Waals surface area (Å²) >= 11 is 0. The lowest BCUT2D eigenvalue weighted by molar-refractivity contribution is -0.384. The summed E-state index contributed by atoms with van der Waals surface area (Å²) in [6, 6.07) is 5.11. The standard InChI is InChI=1S/C13H18N2O2/c1-3-7-13(2)8-6-10-4-5-11(15(16)17)9-12(10)14-13/h4-5,9,14H,3,6-8H2,1-2H3/t13-/m0/s1. The van der Waals surface area contributed by atoms with Crippen molar-refractivity contribution in [1.29, 1.82) is 0 Å². The van der Waals surface area contributed by atoms with Crippen LogP contribution in [0.2, 0.25) is 0 Å². The number of benzene rings is 1. The average molecular weight is 234 g/mol. The van der Waals surface area contributed by atoms with Crippen molar-refractivity contribution in [1.82, 2.24) is 0 Å². The third-order valence-corrected chi connectivity index (χ3v) is 3.49. The highest BCUT2D eigenvalue weighted by atomic mass is 16.6. The van der Waals surface area contributed by atoms with Crippen molar-refractivity contribution in [3.8, 4) is 0 Å². The van der Waals surface area contributed by atoms with Gasteiger partial charge in [-0.3, -0.25) is 10.1 Å². The van der Waals surface area contributed by atoms with E-state index in [-0.39, 0.29) is 16.1 Å². The third kappa shape index (κ3) is 2.40. The van der Waals surface area contributed by atoms with Crippen LogP contribution in [0, 0.1) is 10.1 Å². The Morgan fingerprint density at radius 3 is 2.94 bits per heavy atom. The minimum atomic E-state index is -0.340. The Labute approximate surface area is 101 Å². The van der Waals surface area contributed by atoms with Gasteiger partial charge in [-0.05, 0) is 31.7 Å². The van der Waals surface area contributed by atoms with E-state index in [0.29, 0.717) is 0 Å². The second-order valence-corrected chi connectivity index (χ2v) is 5.03. The number of rotatable bonds is 3. The molecule has 17 heavy (non-hydrogen) atoms. The molecule has 0 saturated heterocycles. The molecule has 0 fully saturated rings. The van der Waals surface area contributed by atoms with E-state index in [2.05, 4.69) is 19.2 Å².